The van der Waals surface area contributed by atoms with Crippen LogP contribution in [0.4, 0.5) is 0 Å². The van der Waals surface area contributed by atoms with Crippen LogP contribution >= 0.6 is 0 Å². The Balaban J connectivity index is 2.22. The Labute approximate surface area is 114 Å². The molecule has 1 aromatic carbocycles. The van der Waals surface area contributed by atoms with Gasteiger partial charge in [-0.1, -0.05) is 31.5 Å². The Kier molecular flexibility index (Phi) is 4.51. The molecule has 0 bridgehead atoms. The van der Waals surface area contributed by atoms with Crippen LogP contribution in [-0.2, 0) is 10.3 Å². The average Bonchev–Trinajstić information content (AvgIpc) is 2.43. The summed E-state index contributed by atoms with van der Waals surface area (Å²) < 4.78 is 5.57. The zero-order valence-corrected chi connectivity index (χ0v) is 11.6. The summed E-state index contributed by atoms with van der Waals surface area (Å²) in [5.41, 5.74) is 0.777. The Bertz CT molecular complexity index is 532. The highest BCUT2D eigenvalue weighted by atomic mass is 16.5. The molecule has 1 atom stereocenters. The second-order valence-electron chi connectivity index (χ2n) is 5.06. The molecule has 0 fully saturated rings. The lowest BCUT2D eigenvalue weighted by Crippen LogP contribution is -2.28. The summed E-state index contributed by atoms with van der Waals surface area (Å²) in [6.45, 7) is 4.91. The van der Waals surface area contributed by atoms with E-state index in [1.54, 1.807) is 13.1 Å². The van der Waals surface area contributed by atoms with Crippen LogP contribution in [0, 0.1) is 0 Å². The van der Waals surface area contributed by atoms with Crippen LogP contribution in [-0.4, -0.2) is 23.3 Å². The molecule has 19 heavy (non-hydrogen) atoms. The number of ether oxygens (including phenoxy) is 1. The summed E-state index contributed by atoms with van der Waals surface area (Å²) in [6, 6.07) is 9.71. The summed E-state index contributed by atoms with van der Waals surface area (Å²) in [5, 5.41) is 11.6. The van der Waals surface area contributed by atoms with Crippen LogP contribution < -0.4 is 0 Å². The number of aromatic nitrogens is 1. The fourth-order valence-corrected chi connectivity index (χ4v) is 2.16. The van der Waals surface area contributed by atoms with Crippen molar-refractivity contribution in [2.45, 2.75) is 32.3 Å². The van der Waals surface area contributed by atoms with Crippen molar-refractivity contribution in [1.29, 1.82) is 0 Å². The van der Waals surface area contributed by atoms with E-state index in [2.05, 4.69) is 11.9 Å². The maximum Gasteiger partial charge on any atom is 0.111 e. The number of hydrogen-bond acceptors (Lipinski definition) is 3. The van der Waals surface area contributed by atoms with Gasteiger partial charge in [0, 0.05) is 18.2 Å². The molecule has 2 aromatic rings. The van der Waals surface area contributed by atoms with E-state index in [4.69, 9.17) is 4.74 Å². The van der Waals surface area contributed by atoms with Gasteiger partial charge in [0.05, 0.1) is 12.1 Å². The topological polar surface area (TPSA) is 42.4 Å². The van der Waals surface area contributed by atoms with Gasteiger partial charge in [0.2, 0.25) is 0 Å². The van der Waals surface area contributed by atoms with Crippen molar-refractivity contribution in [2.24, 2.45) is 0 Å². The van der Waals surface area contributed by atoms with E-state index in [-0.39, 0.29) is 0 Å². The molecule has 0 aliphatic rings. The molecule has 2 rings (SSSR count). The maximum absolute atomic E-state index is 10.6. The summed E-state index contributed by atoms with van der Waals surface area (Å²) in [7, 11) is 0. The third-order valence-electron chi connectivity index (χ3n) is 3.25. The standard InChI is InChI=1S/C16H21NO2/c1-3-4-11-19-12-16(2,18)14-9-10-17-15-8-6-5-7-13(14)15/h5-10,18H,3-4,11-12H2,1-2H3. The maximum atomic E-state index is 10.6. The Morgan fingerprint density at radius 2 is 2.05 bits per heavy atom. The van der Waals surface area contributed by atoms with Crippen LogP contribution in [0.15, 0.2) is 36.5 Å². The van der Waals surface area contributed by atoms with E-state index < -0.39 is 5.60 Å². The normalized spacial score (nSPS) is 14.5. The van der Waals surface area contributed by atoms with Gasteiger partial charge in [0.25, 0.3) is 0 Å². The second-order valence-corrected chi connectivity index (χ2v) is 5.06. The molecule has 0 radical (unpaired) electrons. The van der Waals surface area contributed by atoms with Crippen LogP contribution in [0.2, 0.25) is 0 Å². The molecular weight excluding hydrogens is 238 g/mol. The van der Waals surface area contributed by atoms with E-state index in [0.717, 1.165) is 29.3 Å². The molecule has 0 aliphatic heterocycles. The first-order valence-corrected chi connectivity index (χ1v) is 6.79. The number of nitrogens with zero attached hydrogens (tertiary/aromatic N) is 1. The monoisotopic (exact) mass is 259 g/mol. The molecule has 1 unspecified atom stereocenters. The molecule has 0 saturated heterocycles. The fourth-order valence-electron chi connectivity index (χ4n) is 2.16. The predicted octanol–water partition coefficient (Wildman–Crippen LogP) is 3.26. The number of benzene rings is 1. The summed E-state index contributed by atoms with van der Waals surface area (Å²) in [4.78, 5) is 4.31. The number of fused-ring (bicyclic) bond motifs is 1. The fraction of sp³-hybridized carbons (Fsp3) is 0.438. The molecule has 0 saturated carbocycles. The molecule has 0 amide bonds. The lowest BCUT2D eigenvalue weighted by Gasteiger charge is -2.25. The lowest BCUT2D eigenvalue weighted by atomic mass is 9.94. The van der Waals surface area contributed by atoms with Gasteiger partial charge in [-0.3, -0.25) is 4.98 Å². The van der Waals surface area contributed by atoms with Gasteiger partial charge in [-0.15, -0.1) is 0 Å². The summed E-state index contributed by atoms with van der Waals surface area (Å²) in [6.07, 6.45) is 3.85. The average molecular weight is 259 g/mol. The van der Waals surface area contributed by atoms with Crippen molar-refractivity contribution in [1.82, 2.24) is 4.98 Å². The summed E-state index contributed by atoms with van der Waals surface area (Å²) >= 11 is 0. The molecule has 0 aliphatic carbocycles. The third-order valence-corrected chi connectivity index (χ3v) is 3.25. The van der Waals surface area contributed by atoms with Gasteiger partial charge in [-0.05, 0) is 31.0 Å². The van der Waals surface area contributed by atoms with Crippen LogP contribution in [0.3, 0.4) is 0 Å². The first-order chi connectivity index (χ1) is 9.15. The minimum atomic E-state index is -0.990. The van der Waals surface area contributed by atoms with Gasteiger partial charge in [0.1, 0.15) is 5.60 Å². The van der Waals surface area contributed by atoms with Crippen molar-refractivity contribution in [3.05, 3.63) is 42.1 Å². The molecule has 3 heteroatoms. The van der Waals surface area contributed by atoms with E-state index >= 15 is 0 Å². The first kappa shape index (κ1) is 14.0. The van der Waals surface area contributed by atoms with Gasteiger partial charge in [0.15, 0.2) is 0 Å². The van der Waals surface area contributed by atoms with Crippen molar-refractivity contribution >= 4 is 10.9 Å². The Morgan fingerprint density at radius 3 is 2.84 bits per heavy atom. The smallest absolute Gasteiger partial charge is 0.111 e. The molecule has 1 heterocycles. The van der Waals surface area contributed by atoms with E-state index in [1.807, 2.05) is 30.3 Å². The SMILES string of the molecule is CCCCOCC(C)(O)c1ccnc2ccccc12. The van der Waals surface area contributed by atoms with Gasteiger partial charge in [-0.25, -0.2) is 0 Å². The van der Waals surface area contributed by atoms with Crippen molar-refractivity contribution in [3.8, 4) is 0 Å². The number of pyridine rings is 1. The van der Waals surface area contributed by atoms with Crippen molar-refractivity contribution < 1.29 is 9.84 Å². The lowest BCUT2D eigenvalue weighted by molar-refractivity contribution is -0.0373. The zero-order valence-electron chi connectivity index (χ0n) is 11.6. The quantitative estimate of drug-likeness (QED) is 0.810. The Morgan fingerprint density at radius 1 is 1.26 bits per heavy atom. The van der Waals surface area contributed by atoms with E-state index in [0.29, 0.717) is 13.2 Å². The molecule has 0 spiro atoms. The first-order valence-electron chi connectivity index (χ1n) is 6.79. The minimum absolute atomic E-state index is 0.307. The number of aliphatic hydroxyl groups is 1. The highest BCUT2D eigenvalue weighted by molar-refractivity contribution is 5.82. The zero-order chi connectivity index (χ0) is 13.7. The highest BCUT2D eigenvalue weighted by Crippen LogP contribution is 2.27. The van der Waals surface area contributed by atoms with Gasteiger partial charge >= 0.3 is 0 Å². The number of hydrogen-bond donors (Lipinski definition) is 1. The summed E-state index contributed by atoms with van der Waals surface area (Å²) in [5.74, 6) is 0. The van der Waals surface area contributed by atoms with Crippen LogP contribution in [0.5, 0.6) is 0 Å². The third kappa shape index (κ3) is 3.31. The van der Waals surface area contributed by atoms with Crippen LogP contribution in [0.25, 0.3) is 10.9 Å². The number of rotatable bonds is 6. The molecule has 102 valence electrons. The highest BCUT2D eigenvalue weighted by Gasteiger charge is 2.25. The molecular formula is C16H21NO2. The Hall–Kier alpha value is -1.45. The van der Waals surface area contributed by atoms with E-state index in [9.17, 15) is 5.11 Å². The van der Waals surface area contributed by atoms with Crippen LogP contribution in [0.1, 0.15) is 32.3 Å². The van der Waals surface area contributed by atoms with Gasteiger partial charge < -0.3 is 9.84 Å². The van der Waals surface area contributed by atoms with E-state index in [1.165, 1.54) is 0 Å². The molecule has 1 N–H and O–H groups in total. The van der Waals surface area contributed by atoms with Gasteiger partial charge in [-0.2, -0.15) is 0 Å². The largest absolute Gasteiger partial charge is 0.383 e. The number of para-hydroxylation sites is 1. The van der Waals surface area contributed by atoms with Crippen molar-refractivity contribution in [2.75, 3.05) is 13.2 Å². The second kappa shape index (κ2) is 6.13. The minimum Gasteiger partial charge on any atom is -0.383 e. The molecule has 3 nitrogen and oxygen atoms in total. The van der Waals surface area contributed by atoms with Crippen molar-refractivity contribution in [3.63, 3.8) is 0 Å². The molecule has 1 aromatic heterocycles. The number of unbranched alkanes of at least 4 members (excludes halogenated alkanes) is 1. The predicted molar refractivity (Wildman–Crippen MR) is 77.0 cm³/mol.